The van der Waals surface area contributed by atoms with Crippen LogP contribution >= 0.6 is 11.8 Å². The Bertz CT molecular complexity index is 601. The number of rotatable bonds is 3. The number of hydrogen-bond acceptors (Lipinski definition) is 2. The summed E-state index contributed by atoms with van der Waals surface area (Å²) in [5.74, 6) is -0.178. The summed E-state index contributed by atoms with van der Waals surface area (Å²) in [6, 6.07) is 13.5. The second kappa shape index (κ2) is 5.58. The summed E-state index contributed by atoms with van der Waals surface area (Å²) < 4.78 is 13.1. The number of benzene rings is 2. The molecule has 0 fully saturated rings. The van der Waals surface area contributed by atoms with Crippen molar-refractivity contribution in [3.05, 3.63) is 65.0 Å². The highest BCUT2D eigenvalue weighted by Gasteiger charge is 2.27. The fourth-order valence-electron chi connectivity index (χ4n) is 2.72. The van der Waals surface area contributed by atoms with Crippen molar-refractivity contribution in [2.24, 2.45) is 5.73 Å². The van der Waals surface area contributed by atoms with Gasteiger partial charge in [0.25, 0.3) is 0 Å². The lowest BCUT2D eigenvalue weighted by Crippen LogP contribution is -2.34. The largest absolute Gasteiger partial charge is 0.326 e. The van der Waals surface area contributed by atoms with Crippen molar-refractivity contribution in [3.8, 4) is 0 Å². The standard InChI is InChI=1S/C17H18FNS/c1-11-8-14(18)7-6-12(11)9-15(19)17-10-13-4-2-3-5-16(13)20-17/h2-8,15,17H,9-10,19H2,1H3. The van der Waals surface area contributed by atoms with E-state index in [0.717, 1.165) is 24.0 Å². The Kier molecular flexibility index (Phi) is 3.81. The van der Waals surface area contributed by atoms with Gasteiger partial charge in [-0.3, -0.25) is 0 Å². The molecule has 0 radical (unpaired) electrons. The number of hydrogen-bond donors (Lipinski definition) is 1. The van der Waals surface area contributed by atoms with Gasteiger partial charge >= 0.3 is 0 Å². The van der Waals surface area contributed by atoms with E-state index in [2.05, 4.69) is 24.3 Å². The van der Waals surface area contributed by atoms with Gasteiger partial charge in [-0.2, -0.15) is 0 Å². The topological polar surface area (TPSA) is 26.0 Å². The van der Waals surface area contributed by atoms with Gasteiger partial charge in [-0.1, -0.05) is 24.3 Å². The molecule has 2 atom stereocenters. The minimum Gasteiger partial charge on any atom is -0.326 e. The molecule has 0 saturated heterocycles. The maximum absolute atomic E-state index is 13.1. The average Bonchev–Trinajstić information content (AvgIpc) is 2.86. The summed E-state index contributed by atoms with van der Waals surface area (Å²) in [7, 11) is 0. The number of aryl methyl sites for hydroxylation is 1. The SMILES string of the molecule is Cc1cc(F)ccc1CC(N)C1Cc2ccccc2S1. The van der Waals surface area contributed by atoms with Gasteiger partial charge in [0.05, 0.1) is 0 Å². The number of nitrogens with two attached hydrogens (primary N) is 1. The molecule has 0 amide bonds. The maximum atomic E-state index is 13.1. The Labute approximate surface area is 123 Å². The molecule has 3 heteroatoms. The van der Waals surface area contributed by atoms with Crippen LogP contribution in [0.5, 0.6) is 0 Å². The summed E-state index contributed by atoms with van der Waals surface area (Å²) in [4.78, 5) is 1.35. The molecule has 104 valence electrons. The zero-order valence-corrected chi connectivity index (χ0v) is 12.3. The van der Waals surface area contributed by atoms with Crippen LogP contribution in [0.25, 0.3) is 0 Å². The van der Waals surface area contributed by atoms with Crippen LogP contribution in [-0.2, 0) is 12.8 Å². The molecule has 1 heterocycles. The van der Waals surface area contributed by atoms with Gasteiger partial charge in [0.15, 0.2) is 0 Å². The maximum Gasteiger partial charge on any atom is 0.123 e. The van der Waals surface area contributed by atoms with Crippen molar-refractivity contribution in [2.45, 2.75) is 36.0 Å². The number of halogens is 1. The smallest absolute Gasteiger partial charge is 0.123 e. The van der Waals surface area contributed by atoms with E-state index in [9.17, 15) is 4.39 Å². The molecule has 0 aromatic heterocycles. The first-order valence-electron chi connectivity index (χ1n) is 6.88. The van der Waals surface area contributed by atoms with Crippen LogP contribution in [0.15, 0.2) is 47.4 Å². The second-order valence-electron chi connectivity index (χ2n) is 5.41. The molecule has 1 nitrogen and oxygen atoms in total. The van der Waals surface area contributed by atoms with E-state index in [1.165, 1.54) is 16.5 Å². The molecule has 2 unspecified atom stereocenters. The van der Waals surface area contributed by atoms with E-state index >= 15 is 0 Å². The lowest BCUT2D eigenvalue weighted by Gasteiger charge is -2.19. The fraction of sp³-hybridized carbons (Fsp3) is 0.294. The molecule has 1 aliphatic heterocycles. The molecule has 0 spiro atoms. The molecule has 20 heavy (non-hydrogen) atoms. The van der Waals surface area contributed by atoms with Crippen molar-refractivity contribution in [3.63, 3.8) is 0 Å². The summed E-state index contributed by atoms with van der Waals surface area (Å²) in [5, 5.41) is 0.414. The molecule has 2 N–H and O–H groups in total. The van der Waals surface area contributed by atoms with Crippen LogP contribution in [0.3, 0.4) is 0 Å². The third-order valence-electron chi connectivity index (χ3n) is 3.91. The summed E-state index contributed by atoms with van der Waals surface area (Å²) >= 11 is 1.87. The van der Waals surface area contributed by atoms with Crippen molar-refractivity contribution >= 4 is 11.8 Å². The van der Waals surface area contributed by atoms with E-state index < -0.39 is 0 Å². The van der Waals surface area contributed by atoms with Crippen LogP contribution in [0.2, 0.25) is 0 Å². The first-order chi connectivity index (χ1) is 9.63. The zero-order chi connectivity index (χ0) is 14.1. The highest BCUT2D eigenvalue weighted by Crippen LogP contribution is 2.38. The second-order valence-corrected chi connectivity index (χ2v) is 6.69. The van der Waals surface area contributed by atoms with E-state index in [0.29, 0.717) is 5.25 Å². The van der Waals surface area contributed by atoms with Crippen LogP contribution in [0.4, 0.5) is 4.39 Å². The van der Waals surface area contributed by atoms with Crippen molar-refractivity contribution in [1.82, 2.24) is 0 Å². The Balaban J connectivity index is 1.70. The van der Waals surface area contributed by atoms with E-state index in [1.54, 1.807) is 6.07 Å². The molecule has 0 saturated carbocycles. The molecular formula is C17H18FNS. The molecule has 1 aliphatic rings. The quantitative estimate of drug-likeness (QED) is 0.931. The minimum absolute atomic E-state index is 0.0940. The first kappa shape index (κ1) is 13.7. The monoisotopic (exact) mass is 287 g/mol. The highest BCUT2D eigenvalue weighted by molar-refractivity contribution is 8.00. The highest BCUT2D eigenvalue weighted by atomic mass is 32.2. The summed E-state index contributed by atoms with van der Waals surface area (Å²) in [6.07, 6.45) is 1.83. The van der Waals surface area contributed by atoms with Crippen molar-refractivity contribution < 1.29 is 4.39 Å². The average molecular weight is 287 g/mol. The molecule has 0 bridgehead atoms. The predicted molar refractivity (Wildman–Crippen MR) is 82.6 cm³/mol. The van der Waals surface area contributed by atoms with E-state index in [1.807, 2.05) is 24.8 Å². The summed E-state index contributed by atoms with van der Waals surface area (Å²) in [6.45, 7) is 1.95. The predicted octanol–water partition coefficient (Wildman–Crippen LogP) is 3.72. The lowest BCUT2D eigenvalue weighted by molar-refractivity contribution is 0.615. The van der Waals surface area contributed by atoms with Crippen LogP contribution in [0.1, 0.15) is 16.7 Å². The first-order valence-corrected chi connectivity index (χ1v) is 7.76. The van der Waals surface area contributed by atoms with Gasteiger partial charge in [-0.15, -0.1) is 11.8 Å². The zero-order valence-electron chi connectivity index (χ0n) is 11.5. The van der Waals surface area contributed by atoms with Gasteiger partial charge < -0.3 is 5.73 Å². The van der Waals surface area contributed by atoms with Gasteiger partial charge in [0.1, 0.15) is 5.82 Å². The third kappa shape index (κ3) is 2.74. The van der Waals surface area contributed by atoms with Crippen LogP contribution in [-0.4, -0.2) is 11.3 Å². The Hall–Kier alpha value is -1.32. The molecular weight excluding hydrogens is 269 g/mol. The fourth-order valence-corrected chi connectivity index (χ4v) is 4.04. The number of thioether (sulfide) groups is 1. The Morgan fingerprint density at radius 3 is 2.85 bits per heavy atom. The van der Waals surface area contributed by atoms with Crippen molar-refractivity contribution in [2.75, 3.05) is 0 Å². The Morgan fingerprint density at radius 1 is 1.30 bits per heavy atom. The van der Waals surface area contributed by atoms with Crippen LogP contribution in [0, 0.1) is 12.7 Å². The lowest BCUT2D eigenvalue weighted by atomic mass is 9.97. The van der Waals surface area contributed by atoms with Crippen LogP contribution < -0.4 is 5.73 Å². The number of fused-ring (bicyclic) bond motifs is 1. The molecule has 3 rings (SSSR count). The Morgan fingerprint density at radius 2 is 2.10 bits per heavy atom. The molecule has 2 aromatic carbocycles. The van der Waals surface area contributed by atoms with E-state index in [-0.39, 0.29) is 11.9 Å². The molecule has 2 aromatic rings. The minimum atomic E-state index is -0.178. The van der Waals surface area contributed by atoms with Gasteiger partial charge in [0.2, 0.25) is 0 Å². The van der Waals surface area contributed by atoms with E-state index in [4.69, 9.17) is 5.73 Å². The molecule has 0 aliphatic carbocycles. The van der Waals surface area contributed by atoms with Gasteiger partial charge in [-0.25, -0.2) is 4.39 Å². The summed E-state index contributed by atoms with van der Waals surface area (Å²) in [5.41, 5.74) is 9.92. The third-order valence-corrected chi connectivity index (χ3v) is 5.38. The van der Waals surface area contributed by atoms with Gasteiger partial charge in [-0.05, 0) is 54.7 Å². The van der Waals surface area contributed by atoms with Crippen molar-refractivity contribution in [1.29, 1.82) is 0 Å². The normalized spacial score (nSPS) is 18.9. The van der Waals surface area contributed by atoms with Gasteiger partial charge in [0, 0.05) is 16.2 Å².